The normalized spacial score (nSPS) is 11.6. The summed E-state index contributed by atoms with van der Waals surface area (Å²) in [5.74, 6) is 0. The van der Waals surface area contributed by atoms with E-state index in [1.54, 1.807) is 6.08 Å². The van der Waals surface area contributed by atoms with Crippen LogP contribution in [0.5, 0.6) is 0 Å². The van der Waals surface area contributed by atoms with Crippen LogP contribution < -0.4 is 0 Å². The van der Waals surface area contributed by atoms with E-state index in [0.29, 0.717) is 6.42 Å². The van der Waals surface area contributed by atoms with E-state index < -0.39 is 10.1 Å². The molecule has 0 amide bonds. The predicted molar refractivity (Wildman–Crippen MR) is 104 cm³/mol. The lowest BCUT2D eigenvalue weighted by Gasteiger charge is -2.00. The second-order valence-corrected chi connectivity index (χ2v) is 7.86. The maximum Gasteiger partial charge on any atom is 0.264 e. The van der Waals surface area contributed by atoms with Crippen LogP contribution in [0, 0.1) is 0 Å². The average molecular weight is 357 g/mol. The highest BCUT2D eigenvalue weighted by molar-refractivity contribution is 7.85. The molecular formula is C20H36O3S. The Bertz CT molecular complexity index is 457. The minimum absolute atomic E-state index is 0.189. The van der Waals surface area contributed by atoms with Gasteiger partial charge in [0.1, 0.15) is 0 Å². The molecule has 0 saturated carbocycles. The van der Waals surface area contributed by atoms with Gasteiger partial charge in [-0.25, -0.2) is 0 Å². The van der Waals surface area contributed by atoms with Gasteiger partial charge in [0.15, 0.2) is 0 Å². The minimum atomic E-state index is -3.32. The van der Waals surface area contributed by atoms with Crippen molar-refractivity contribution in [3.8, 4) is 0 Å². The van der Waals surface area contributed by atoms with Gasteiger partial charge in [0.2, 0.25) is 0 Å². The van der Waals surface area contributed by atoms with Crippen LogP contribution in [0.4, 0.5) is 0 Å². The Morgan fingerprint density at radius 2 is 1.46 bits per heavy atom. The van der Waals surface area contributed by atoms with Gasteiger partial charge in [0, 0.05) is 0 Å². The van der Waals surface area contributed by atoms with Gasteiger partial charge < -0.3 is 0 Å². The fourth-order valence-corrected chi connectivity index (χ4v) is 2.75. The molecule has 0 heterocycles. The van der Waals surface area contributed by atoms with Crippen LogP contribution in [0.1, 0.15) is 84.0 Å². The summed E-state index contributed by atoms with van der Waals surface area (Å²) >= 11 is 0. The number of hydrogen-bond acceptors (Lipinski definition) is 3. The molecule has 0 spiro atoms. The third-order valence-electron chi connectivity index (χ3n) is 3.69. The molecule has 0 N–H and O–H groups in total. The van der Waals surface area contributed by atoms with Gasteiger partial charge in [0.25, 0.3) is 10.1 Å². The molecule has 0 aliphatic heterocycles. The van der Waals surface area contributed by atoms with Crippen molar-refractivity contribution in [1.29, 1.82) is 0 Å². The van der Waals surface area contributed by atoms with Crippen molar-refractivity contribution in [2.24, 2.45) is 0 Å². The summed E-state index contributed by atoms with van der Waals surface area (Å²) in [5.41, 5.74) is 3.04. The Hall–Kier alpha value is -0.830. The largest absolute Gasteiger partial charge is 0.270 e. The molecule has 140 valence electrons. The van der Waals surface area contributed by atoms with Crippen LogP contribution in [-0.2, 0) is 14.3 Å². The molecule has 0 rings (SSSR count). The van der Waals surface area contributed by atoms with Gasteiger partial charge in [0.05, 0.1) is 12.9 Å². The standard InChI is InChI=1S/C20H36O3S/c1-3-4-5-6-7-8-9-10-11-12-13-14-15-16-17-18-19-20-23-24(2,21)22/h13-14,16,18H,3-12,15,19-20H2,1-2H3. The second-order valence-electron chi connectivity index (χ2n) is 6.21. The quantitative estimate of drug-likeness (QED) is 0.149. The van der Waals surface area contributed by atoms with Gasteiger partial charge in [-0.15, -0.1) is 5.73 Å². The van der Waals surface area contributed by atoms with Crippen LogP contribution in [0.25, 0.3) is 0 Å². The van der Waals surface area contributed by atoms with Crippen molar-refractivity contribution in [1.82, 2.24) is 0 Å². The van der Waals surface area contributed by atoms with E-state index in [1.165, 1.54) is 57.8 Å². The number of hydrogen-bond donors (Lipinski definition) is 0. The summed E-state index contributed by atoms with van der Waals surface area (Å²) in [6.45, 7) is 2.45. The molecule has 0 unspecified atom stereocenters. The van der Waals surface area contributed by atoms with Gasteiger partial charge >= 0.3 is 0 Å². The summed E-state index contributed by atoms with van der Waals surface area (Å²) in [4.78, 5) is 0. The first-order valence-corrected chi connectivity index (χ1v) is 11.3. The lowest BCUT2D eigenvalue weighted by atomic mass is 10.1. The molecule has 0 saturated heterocycles. The highest BCUT2D eigenvalue weighted by Gasteiger charge is 1.98. The molecule has 0 aliphatic carbocycles. The van der Waals surface area contributed by atoms with Crippen LogP contribution in [0.15, 0.2) is 30.0 Å². The van der Waals surface area contributed by atoms with Crippen molar-refractivity contribution in [3.05, 3.63) is 30.0 Å². The van der Waals surface area contributed by atoms with Crippen molar-refractivity contribution < 1.29 is 12.6 Å². The minimum Gasteiger partial charge on any atom is -0.270 e. The van der Waals surface area contributed by atoms with E-state index in [1.807, 2.05) is 6.08 Å². The third kappa shape index (κ3) is 21.2. The van der Waals surface area contributed by atoms with Crippen LogP contribution >= 0.6 is 0 Å². The molecule has 0 aliphatic rings. The summed E-state index contributed by atoms with van der Waals surface area (Å²) in [7, 11) is -3.32. The van der Waals surface area contributed by atoms with Crippen molar-refractivity contribution in [2.75, 3.05) is 12.9 Å². The summed E-state index contributed by atoms with van der Waals surface area (Å²) in [6, 6.07) is 0. The molecule has 0 aromatic carbocycles. The average Bonchev–Trinajstić information content (AvgIpc) is 2.52. The molecular weight excluding hydrogens is 320 g/mol. The highest BCUT2D eigenvalue weighted by atomic mass is 32.2. The van der Waals surface area contributed by atoms with E-state index in [4.69, 9.17) is 0 Å². The highest BCUT2D eigenvalue weighted by Crippen LogP contribution is 2.10. The molecule has 4 heteroatoms. The first kappa shape index (κ1) is 23.2. The Morgan fingerprint density at radius 1 is 0.833 bits per heavy atom. The maximum absolute atomic E-state index is 10.7. The van der Waals surface area contributed by atoms with Crippen LogP contribution in [0.3, 0.4) is 0 Å². The Balaban J connectivity index is 3.36. The van der Waals surface area contributed by atoms with E-state index >= 15 is 0 Å². The summed E-state index contributed by atoms with van der Waals surface area (Å²) in [5, 5.41) is 0. The Morgan fingerprint density at radius 3 is 2.08 bits per heavy atom. The fourth-order valence-electron chi connectivity index (χ4n) is 2.35. The van der Waals surface area contributed by atoms with Crippen molar-refractivity contribution in [2.45, 2.75) is 84.0 Å². The first-order chi connectivity index (χ1) is 11.6. The van der Waals surface area contributed by atoms with Crippen molar-refractivity contribution in [3.63, 3.8) is 0 Å². The van der Waals surface area contributed by atoms with Gasteiger partial charge in [-0.2, -0.15) is 8.42 Å². The molecule has 24 heavy (non-hydrogen) atoms. The molecule has 0 bridgehead atoms. The zero-order chi connectivity index (χ0) is 17.9. The van der Waals surface area contributed by atoms with E-state index in [2.05, 4.69) is 29.0 Å². The Kier molecular flexibility index (Phi) is 16.4. The lowest BCUT2D eigenvalue weighted by molar-refractivity contribution is 0.328. The van der Waals surface area contributed by atoms with Gasteiger partial charge in [-0.1, -0.05) is 70.4 Å². The zero-order valence-electron chi connectivity index (χ0n) is 15.6. The Labute approximate surface area is 150 Å². The van der Waals surface area contributed by atoms with Crippen molar-refractivity contribution >= 4 is 10.1 Å². The second kappa shape index (κ2) is 17.0. The summed E-state index contributed by atoms with van der Waals surface area (Å²) in [6.07, 6.45) is 24.2. The fraction of sp³-hybridized carbons (Fsp3) is 0.750. The molecule has 0 atom stereocenters. The lowest BCUT2D eigenvalue weighted by Crippen LogP contribution is -2.02. The van der Waals surface area contributed by atoms with E-state index in [9.17, 15) is 8.42 Å². The van der Waals surface area contributed by atoms with E-state index in [-0.39, 0.29) is 6.61 Å². The topological polar surface area (TPSA) is 43.4 Å². The number of unbranched alkanes of at least 4 members (excludes halogenated alkanes) is 9. The number of rotatable bonds is 16. The monoisotopic (exact) mass is 356 g/mol. The van der Waals surface area contributed by atoms with E-state index in [0.717, 1.165) is 19.1 Å². The molecule has 0 aromatic heterocycles. The third-order valence-corrected chi connectivity index (χ3v) is 4.29. The zero-order valence-corrected chi connectivity index (χ0v) is 16.5. The SMILES string of the molecule is CCCCCCCCCCCC=CCC=C=CCCOS(C)(=O)=O. The predicted octanol–water partition coefficient (Wildman–Crippen LogP) is 5.93. The van der Waals surface area contributed by atoms with Gasteiger partial charge in [-0.05, 0) is 37.8 Å². The molecule has 0 radical (unpaired) electrons. The van der Waals surface area contributed by atoms with Crippen LogP contribution in [0.2, 0.25) is 0 Å². The van der Waals surface area contributed by atoms with Gasteiger partial charge in [-0.3, -0.25) is 4.18 Å². The molecule has 0 fully saturated rings. The molecule has 3 nitrogen and oxygen atoms in total. The summed E-state index contributed by atoms with van der Waals surface area (Å²) < 4.78 is 26.1. The molecule has 0 aromatic rings. The smallest absolute Gasteiger partial charge is 0.264 e. The number of allylic oxidation sites excluding steroid dienone is 2. The maximum atomic E-state index is 10.7. The first-order valence-electron chi connectivity index (χ1n) is 9.45. The van der Waals surface area contributed by atoms with Crippen LogP contribution in [-0.4, -0.2) is 21.3 Å².